The molecule has 13 heteroatoms. The maximum atomic E-state index is 10.4. The lowest BCUT2D eigenvalue weighted by Crippen LogP contribution is -2.61. The van der Waals surface area contributed by atoms with Crippen molar-refractivity contribution in [2.75, 3.05) is 26.3 Å². The highest BCUT2D eigenvalue weighted by molar-refractivity contribution is 5.66. The number of rotatable bonds is 15. The average Bonchev–Trinajstić information content (AvgIpc) is 2.75. The van der Waals surface area contributed by atoms with Crippen molar-refractivity contribution >= 4 is 5.97 Å². The third-order valence-electron chi connectivity index (χ3n) is 5.03. The molecule has 0 amide bonds. The normalized spacial score (nSPS) is 30.5. The smallest absolute Gasteiger partial charge is 0.303 e. The Bertz CT molecular complexity index is 510. The summed E-state index contributed by atoms with van der Waals surface area (Å²) in [5.41, 5.74) is 0. The van der Waals surface area contributed by atoms with Gasteiger partial charge in [0.25, 0.3) is 0 Å². The number of carbonyl (C=O) groups is 1. The van der Waals surface area contributed by atoms with Gasteiger partial charge in [0.1, 0.15) is 42.7 Å². The molecular weight excluding hydrogens is 422 g/mol. The van der Waals surface area contributed by atoms with Gasteiger partial charge in [-0.3, -0.25) is 4.79 Å². The highest BCUT2D eigenvalue weighted by Gasteiger charge is 2.46. The summed E-state index contributed by atoms with van der Waals surface area (Å²) in [4.78, 5) is 10.4. The highest BCUT2D eigenvalue weighted by atomic mass is 16.7. The first-order chi connectivity index (χ1) is 14.6. The van der Waals surface area contributed by atoms with Gasteiger partial charge in [-0.25, -0.2) is 0 Å². The molecule has 1 aliphatic heterocycles. The fourth-order valence-electron chi connectivity index (χ4n) is 3.13. The predicted molar refractivity (Wildman–Crippen MR) is 103 cm³/mol. The lowest BCUT2D eigenvalue weighted by molar-refractivity contribution is -0.327. The fraction of sp³-hybridized carbons (Fsp3) is 0.944. The second-order valence-corrected chi connectivity index (χ2v) is 7.51. The summed E-state index contributed by atoms with van der Waals surface area (Å²) in [7, 11) is 0. The van der Waals surface area contributed by atoms with Crippen molar-refractivity contribution in [2.45, 2.75) is 80.8 Å². The Morgan fingerprint density at radius 2 is 1.65 bits per heavy atom. The van der Waals surface area contributed by atoms with Gasteiger partial charge < -0.3 is 60.7 Å². The highest BCUT2D eigenvalue weighted by Crippen LogP contribution is 2.24. The molecule has 1 heterocycles. The van der Waals surface area contributed by atoms with Gasteiger partial charge in [-0.15, -0.1) is 0 Å². The molecule has 1 saturated heterocycles. The topological polar surface area (TPSA) is 230 Å². The number of carboxylic acid groups (broad SMARTS) is 1. The van der Waals surface area contributed by atoms with E-state index in [9.17, 15) is 45.6 Å². The number of nitrogens with one attached hydrogen (secondary N) is 1. The van der Waals surface area contributed by atoms with E-state index in [0.717, 1.165) is 0 Å². The number of aliphatic hydroxyl groups excluding tert-OH is 8. The first-order valence-corrected chi connectivity index (χ1v) is 10.2. The number of hydrogen-bond donors (Lipinski definition) is 10. The molecule has 1 aliphatic rings. The van der Waals surface area contributed by atoms with Crippen molar-refractivity contribution < 1.29 is 60.2 Å². The molecule has 184 valence electrons. The summed E-state index contributed by atoms with van der Waals surface area (Å²) in [6, 6.07) is 0. The molecule has 1 rings (SSSR count). The zero-order valence-electron chi connectivity index (χ0n) is 17.1. The lowest BCUT2D eigenvalue weighted by atomic mass is 9.98. The standard InChI is InChI=1S/C18H35NO12/c20-7-10(23)17(31-18-16(29)15(28)14(27)11(8-21)30-18)13(26)9(22)6-19-5-3-1-2-4-12(24)25/h9-11,13-23,26-29H,1-8H2,(H,24,25). The van der Waals surface area contributed by atoms with Crippen LogP contribution < -0.4 is 5.32 Å². The molecule has 0 aromatic heterocycles. The van der Waals surface area contributed by atoms with Gasteiger partial charge >= 0.3 is 5.97 Å². The quantitative estimate of drug-likeness (QED) is 0.105. The Kier molecular flexibility index (Phi) is 12.9. The van der Waals surface area contributed by atoms with Crippen LogP contribution in [0.15, 0.2) is 0 Å². The monoisotopic (exact) mass is 457 g/mol. The minimum absolute atomic E-state index is 0.0668. The number of aliphatic carboxylic acids is 1. The van der Waals surface area contributed by atoms with E-state index in [1.54, 1.807) is 0 Å². The van der Waals surface area contributed by atoms with Gasteiger partial charge in [0.15, 0.2) is 6.29 Å². The molecule has 31 heavy (non-hydrogen) atoms. The first-order valence-electron chi connectivity index (χ1n) is 10.2. The van der Waals surface area contributed by atoms with E-state index >= 15 is 0 Å². The van der Waals surface area contributed by atoms with Crippen LogP contribution in [0, 0.1) is 0 Å². The largest absolute Gasteiger partial charge is 0.481 e. The van der Waals surface area contributed by atoms with Crippen LogP contribution in [0.3, 0.4) is 0 Å². The first kappa shape index (κ1) is 28.1. The maximum Gasteiger partial charge on any atom is 0.303 e. The Labute approximate surface area is 179 Å². The summed E-state index contributed by atoms with van der Waals surface area (Å²) >= 11 is 0. The Morgan fingerprint density at radius 3 is 2.23 bits per heavy atom. The molecule has 13 nitrogen and oxygen atoms in total. The molecule has 0 saturated carbocycles. The van der Waals surface area contributed by atoms with E-state index in [1.165, 1.54) is 0 Å². The summed E-state index contributed by atoms with van der Waals surface area (Å²) in [5, 5.41) is 90.1. The number of aliphatic hydroxyl groups is 8. The maximum absolute atomic E-state index is 10.4. The number of hydrogen-bond acceptors (Lipinski definition) is 12. The molecule has 9 atom stereocenters. The Morgan fingerprint density at radius 1 is 0.968 bits per heavy atom. The number of carboxylic acids is 1. The van der Waals surface area contributed by atoms with E-state index in [0.29, 0.717) is 25.8 Å². The molecule has 0 aromatic carbocycles. The van der Waals surface area contributed by atoms with Gasteiger partial charge in [-0.05, 0) is 19.4 Å². The molecule has 9 unspecified atom stereocenters. The minimum Gasteiger partial charge on any atom is -0.481 e. The van der Waals surface area contributed by atoms with E-state index in [-0.39, 0.29) is 13.0 Å². The van der Waals surface area contributed by atoms with Crippen LogP contribution in [0.5, 0.6) is 0 Å². The van der Waals surface area contributed by atoms with Gasteiger partial charge in [0, 0.05) is 13.0 Å². The van der Waals surface area contributed by atoms with Crippen molar-refractivity contribution in [3.8, 4) is 0 Å². The van der Waals surface area contributed by atoms with Crippen molar-refractivity contribution in [1.29, 1.82) is 0 Å². The summed E-state index contributed by atoms with van der Waals surface area (Å²) in [6.45, 7) is -1.25. The Hall–Kier alpha value is -0.970. The zero-order chi connectivity index (χ0) is 23.6. The van der Waals surface area contributed by atoms with Crippen LogP contribution in [0.4, 0.5) is 0 Å². The molecule has 0 spiro atoms. The van der Waals surface area contributed by atoms with Crippen LogP contribution in [0.2, 0.25) is 0 Å². The average molecular weight is 457 g/mol. The number of unbranched alkanes of at least 4 members (excludes halogenated alkanes) is 2. The van der Waals surface area contributed by atoms with Gasteiger partial charge in [0.2, 0.25) is 0 Å². The van der Waals surface area contributed by atoms with E-state index in [1.807, 2.05) is 0 Å². The van der Waals surface area contributed by atoms with Crippen LogP contribution in [0.25, 0.3) is 0 Å². The third-order valence-corrected chi connectivity index (χ3v) is 5.03. The summed E-state index contributed by atoms with van der Waals surface area (Å²) < 4.78 is 10.5. The van der Waals surface area contributed by atoms with E-state index in [2.05, 4.69) is 5.32 Å². The summed E-state index contributed by atoms with van der Waals surface area (Å²) in [5.74, 6) is -0.876. The van der Waals surface area contributed by atoms with Crippen molar-refractivity contribution in [1.82, 2.24) is 5.32 Å². The molecule has 10 N–H and O–H groups in total. The van der Waals surface area contributed by atoms with Crippen molar-refractivity contribution in [3.63, 3.8) is 0 Å². The molecule has 0 radical (unpaired) electrons. The molecule has 1 fully saturated rings. The molecule has 0 bridgehead atoms. The van der Waals surface area contributed by atoms with Gasteiger partial charge in [-0.1, -0.05) is 6.42 Å². The Balaban J connectivity index is 2.60. The molecule has 0 aliphatic carbocycles. The van der Waals surface area contributed by atoms with E-state index in [4.69, 9.17) is 14.6 Å². The second-order valence-electron chi connectivity index (χ2n) is 7.51. The van der Waals surface area contributed by atoms with Gasteiger partial charge in [0.05, 0.1) is 19.3 Å². The van der Waals surface area contributed by atoms with Crippen molar-refractivity contribution in [2.24, 2.45) is 0 Å². The van der Waals surface area contributed by atoms with Crippen molar-refractivity contribution in [3.05, 3.63) is 0 Å². The van der Waals surface area contributed by atoms with Crippen LogP contribution in [-0.2, 0) is 14.3 Å². The predicted octanol–water partition coefficient (Wildman–Crippen LogP) is -4.52. The molecular formula is C18H35NO12. The van der Waals surface area contributed by atoms with Crippen LogP contribution in [0.1, 0.15) is 25.7 Å². The minimum atomic E-state index is -1.79. The number of ether oxygens (including phenoxy) is 2. The van der Waals surface area contributed by atoms with E-state index < -0.39 is 74.3 Å². The lowest BCUT2D eigenvalue weighted by Gasteiger charge is -2.42. The fourth-order valence-corrected chi connectivity index (χ4v) is 3.13. The van der Waals surface area contributed by atoms with Crippen LogP contribution in [-0.4, -0.2) is 133 Å². The van der Waals surface area contributed by atoms with Gasteiger partial charge in [-0.2, -0.15) is 0 Å². The molecule has 0 aromatic rings. The third kappa shape index (κ3) is 8.82. The second kappa shape index (κ2) is 14.2. The summed E-state index contributed by atoms with van der Waals surface area (Å²) in [6.07, 6.45) is -12.8. The SMILES string of the molecule is O=C(O)CCCCCNCC(O)C(O)C(OC1OC(CO)C(O)C(O)C1O)C(O)CO. The van der Waals surface area contributed by atoms with Crippen LogP contribution >= 0.6 is 0 Å². The zero-order valence-corrected chi connectivity index (χ0v) is 17.1.